The first-order chi connectivity index (χ1) is 32.7. The summed E-state index contributed by atoms with van der Waals surface area (Å²) in [5.41, 5.74) is 5.58. The molecule has 0 radical (unpaired) electrons. The van der Waals surface area contributed by atoms with Crippen molar-refractivity contribution in [2.75, 3.05) is 63.4 Å². The molecule has 5 aromatic rings. The first-order valence-electron chi connectivity index (χ1n) is 22.7. The molecule has 68 heavy (non-hydrogen) atoms. The van der Waals surface area contributed by atoms with E-state index >= 15 is 0 Å². The van der Waals surface area contributed by atoms with Crippen molar-refractivity contribution in [2.45, 2.75) is 83.9 Å². The van der Waals surface area contributed by atoms with E-state index in [2.05, 4.69) is 46.5 Å². The van der Waals surface area contributed by atoms with Crippen LogP contribution >= 0.6 is 11.3 Å². The van der Waals surface area contributed by atoms with Gasteiger partial charge in [0.1, 0.15) is 36.5 Å². The highest BCUT2D eigenvalue weighted by molar-refractivity contribution is 7.13. The van der Waals surface area contributed by atoms with Crippen LogP contribution in [0.15, 0.2) is 72.6 Å². The number of alkyl halides is 1. The molecule has 4 aromatic heterocycles. The standard InChI is InChI=1S/C48H59FN10O8S/c1-29-43(68-28-54-29)31-7-5-30(6-8-31)21-52-46(63)39-19-35(60)25-59(39)47(64)44(48(2,3)4)58-42(61)27-67-18-16-65-15-17-66-26-33(49)23-53-45(62)36-24-51-41(20-38(36)55-34-10-11-34)57-40-12-9-32-22-50-14-13-37(32)56-40/h5-9,12-14,20,22,24,28,33-35,39,44,60H,10-11,15-19,21,23,25-27H2,1-4H3,(H,52,63)(H,53,62)(H,58,61)(H2,51,55,56,57)/t33?,35-,39+,44-/m1/s1. The predicted molar refractivity (Wildman–Crippen MR) is 255 cm³/mol. The van der Waals surface area contributed by atoms with Crippen LogP contribution in [0.5, 0.6) is 0 Å². The van der Waals surface area contributed by atoms with Crippen LogP contribution in [0.1, 0.15) is 61.6 Å². The van der Waals surface area contributed by atoms with Crippen molar-refractivity contribution >= 4 is 63.2 Å². The third-order valence-corrected chi connectivity index (χ3v) is 12.3. The Morgan fingerprint density at radius 1 is 0.941 bits per heavy atom. The van der Waals surface area contributed by atoms with Crippen LogP contribution in [0.4, 0.5) is 21.7 Å². The van der Waals surface area contributed by atoms with Gasteiger partial charge in [0.05, 0.1) is 78.5 Å². The molecule has 1 aromatic carbocycles. The number of hydrogen-bond acceptors (Lipinski definition) is 15. The number of likely N-dealkylation sites (tertiary alicyclic amines) is 1. The third-order valence-electron chi connectivity index (χ3n) is 11.3. The van der Waals surface area contributed by atoms with Crippen molar-refractivity contribution in [3.05, 3.63) is 89.5 Å². The Kier molecular flexibility index (Phi) is 17.0. The Bertz CT molecular complexity index is 2520. The van der Waals surface area contributed by atoms with E-state index in [1.165, 1.54) is 11.1 Å². The SMILES string of the molecule is Cc1ncsc1-c1ccc(CNC(=O)[C@@H]2C[C@@H](O)CN2C(=O)[C@@H](NC(=O)COCCOCCOCC(F)CNC(=O)c2cnc(Nc3ccc4cnccc4n3)cc2NC2CC2)C(C)(C)C)cc1. The summed E-state index contributed by atoms with van der Waals surface area (Å²) in [6.45, 7) is 7.10. The second-order valence-corrected chi connectivity index (χ2v) is 18.8. The second-order valence-electron chi connectivity index (χ2n) is 17.9. The fraction of sp³-hybridized carbons (Fsp3) is 0.458. The number of aliphatic hydroxyl groups excluding tert-OH is 1. The largest absolute Gasteiger partial charge is 0.391 e. The second kappa shape index (κ2) is 23.2. The monoisotopic (exact) mass is 954 g/mol. The number of fused-ring (bicyclic) bond motifs is 1. The number of nitrogens with one attached hydrogen (secondary N) is 5. The minimum atomic E-state index is -1.47. The number of benzene rings is 1. The fourth-order valence-corrected chi connectivity index (χ4v) is 8.30. The molecule has 20 heteroatoms. The van der Waals surface area contributed by atoms with Crippen LogP contribution in [0, 0.1) is 12.3 Å². The van der Waals surface area contributed by atoms with Gasteiger partial charge in [-0.3, -0.25) is 24.2 Å². The lowest BCUT2D eigenvalue weighted by Crippen LogP contribution is -2.58. The van der Waals surface area contributed by atoms with Crippen molar-refractivity contribution in [1.29, 1.82) is 0 Å². The zero-order valence-electron chi connectivity index (χ0n) is 38.6. The van der Waals surface area contributed by atoms with E-state index in [-0.39, 0.29) is 71.7 Å². The number of aliphatic hydroxyl groups is 1. The maximum atomic E-state index is 14.7. The van der Waals surface area contributed by atoms with Crippen LogP contribution in [0.3, 0.4) is 0 Å². The van der Waals surface area contributed by atoms with Crippen molar-refractivity contribution < 1.29 is 42.9 Å². The average molecular weight is 955 g/mol. The number of nitrogens with zero attached hydrogens (tertiary/aromatic N) is 5. The average Bonchev–Trinajstić information content (AvgIpc) is 3.89. The number of pyridine rings is 3. The quantitative estimate of drug-likeness (QED) is 0.0488. The van der Waals surface area contributed by atoms with E-state index in [0.717, 1.165) is 45.4 Å². The summed E-state index contributed by atoms with van der Waals surface area (Å²) in [6.07, 6.45) is 4.53. The summed E-state index contributed by atoms with van der Waals surface area (Å²) < 4.78 is 31.1. The molecule has 1 saturated carbocycles. The van der Waals surface area contributed by atoms with Gasteiger partial charge in [-0.2, -0.15) is 0 Å². The summed E-state index contributed by atoms with van der Waals surface area (Å²) in [5, 5.41) is 26.3. The molecule has 5 heterocycles. The third kappa shape index (κ3) is 13.9. The van der Waals surface area contributed by atoms with Crippen molar-refractivity contribution in [3.63, 3.8) is 0 Å². The maximum Gasteiger partial charge on any atom is 0.255 e. The van der Waals surface area contributed by atoms with Gasteiger partial charge in [0.25, 0.3) is 5.91 Å². The van der Waals surface area contributed by atoms with E-state index in [9.17, 15) is 28.7 Å². The molecule has 1 aliphatic carbocycles. The Morgan fingerprint density at radius 2 is 1.71 bits per heavy atom. The van der Waals surface area contributed by atoms with E-state index in [1.54, 1.807) is 56.1 Å². The first kappa shape index (κ1) is 49.7. The fourth-order valence-electron chi connectivity index (χ4n) is 7.49. The summed E-state index contributed by atoms with van der Waals surface area (Å²) in [7, 11) is 0. The number of β-amino-alcohol motifs (C(OH)–C–C–N with tert-alkyl or cyclic N) is 1. The molecule has 1 unspecified atom stereocenters. The Labute approximate surface area is 398 Å². The number of anilines is 3. The normalized spacial score (nSPS) is 16.8. The molecular formula is C48H59FN10O8S. The summed E-state index contributed by atoms with van der Waals surface area (Å²) in [6, 6.07) is 13.4. The van der Waals surface area contributed by atoms with E-state index in [1.807, 2.05) is 49.4 Å². The van der Waals surface area contributed by atoms with Crippen molar-refractivity contribution in [3.8, 4) is 10.4 Å². The number of halogens is 1. The highest BCUT2D eigenvalue weighted by Gasteiger charge is 2.44. The van der Waals surface area contributed by atoms with Gasteiger partial charge < -0.3 is 50.8 Å². The first-order valence-corrected chi connectivity index (χ1v) is 23.5. The number of carbonyl (C=O) groups excluding carboxylic acids is 4. The van der Waals surface area contributed by atoms with Crippen molar-refractivity contribution in [2.24, 2.45) is 5.41 Å². The van der Waals surface area contributed by atoms with Crippen LogP contribution in [-0.2, 0) is 35.1 Å². The van der Waals surface area contributed by atoms with Gasteiger partial charge in [-0.1, -0.05) is 45.0 Å². The van der Waals surface area contributed by atoms with E-state index in [0.29, 0.717) is 22.9 Å². The lowest BCUT2D eigenvalue weighted by molar-refractivity contribution is -0.144. The van der Waals surface area contributed by atoms with Gasteiger partial charge >= 0.3 is 0 Å². The molecule has 18 nitrogen and oxygen atoms in total. The van der Waals surface area contributed by atoms with Crippen LogP contribution in [0.25, 0.3) is 21.3 Å². The molecule has 4 atom stereocenters. The molecule has 0 spiro atoms. The smallest absolute Gasteiger partial charge is 0.255 e. The van der Waals surface area contributed by atoms with Gasteiger partial charge in [0.2, 0.25) is 17.7 Å². The molecule has 1 aliphatic heterocycles. The molecule has 1 saturated heterocycles. The maximum absolute atomic E-state index is 14.7. The van der Waals surface area contributed by atoms with Gasteiger partial charge in [0, 0.05) is 55.6 Å². The number of hydrogen-bond donors (Lipinski definition) is 6. The molecule has 2 fully saturated rings. The zero-order valence-corrected chi connectivity index (χ0v) is 39.4. The van der Waals surface area contributed by atoms with Gasteiger partial charge in [-0.05, 0) is 54.5 Å². The highest BCUT2D eigenvalue weighted by atomic mass is 32.1. The topological polar surface area (TPSA) is 231 Å². The molecule has 6 N–H and O–H groups in total. The van der Waals surface area contributed by atoms with Crippen LogP contribution in [-0.4, -0.2) is 137 Å². The number of amides is 4. The molecule has 0 bridgehead atoms. The number of carbonyl (C=O) groups is 4. The summed E-state index contributed by atoms with van der Waals surface area (Å²) >= 11 is 1.56. The molecule has 2 aliphatic rings. The number of thiazole rings is 1. The van der Waals surface area contributed by atoms with Crippen LogP contribution in [0.2, 0.25) is 0 Å². The van der Waals surface area contributed by atoms with Crippen molar-refractivity contribution in [1.82, 2.24) is 40.8 Å². The number of rotatable bonds is 23. The molecule has 4 amide bonds. The Morgan fingerprint density at radius 3 is 2.44 bits per heavy atom. The van der Waals surface area contributed by atoms with Crippen LogP contribution < -0.4 is 26.6 Å². The Hall–Kier alpha value is -6.19. The minimum Gasteiger partial charge on any atom is -0.391 e. The van der Waals surface area contributed by atoms with Gasteiger partial charge in [0.15, 0.2) is 0 Å². The molecule has 7 rings (SSSR count). The zero-order chi connectivity index (χ0) is 48.2. The summed E-state index contributed by atoms with van der Waals surface area (Å²) in [4.78, 5) is 73.3. The lowest BCUT2D eigenvalue weighted by Gasteiger charge is -2.35. The van der Waals surface area contributed by atoms with E-state index < -0.39 is 53.4 Å². The number of aryl methyl sites for hydroxylation is 1. The van der Waals surface area contributed by atoms with E-state index in [4.69, 9.17) is 14.2 Å². The predicted octanol–water partition coefficient (Wildman–Crippen LogP) is 4.70. The van der Waals surface area contributed by atoms with Gasteiger partial charge in [-0.15, -0.1) is 11.3 Å². The number of aromatic nitrogens is 4. The molecule has 362 valence electrons. The molecular weight excluding hydrogens is 896 g/mol. The highest BCUT2D eigenvalue weighted by Crippen LogP contribution is 2.30. The summed E-state index contributed by atoms with van der Waals surface area (Å²) in [5.74, 6) is -0.795. The lowest BCUT2D eigenvalue weighted by atomic mass is 9.85. The van der Waals surface area contributed by atoms with Gasteiger partial charge in [-0.25, -0.2) is 19.3 Å². The number of ether oxygens (including phenoxy) is 3. The Balaban J connectivity index is 0.770. The minimum absolute atomic E-state index is 0.0431.